The number of thiazole rings is 1. The number of fused-ring (bicyclic) bond motifs is 1. The van der Waals surface area contributed by atoms with Crippen LogP contribution in [-0.2, 0) is 0 Å². The van der Waals surface area contributed by atoms with E-state index in [1.54, 1.807) is 11.3 Å². The summed E-state index contributed by atoms with van der Waals surface area (Å²) in [7, 11) is 0. The van der Waals surface area contributed by atoms with Crippen molar-refractivity contribution in [1.82, 2.24) is 4.98 Å². The Labute approximate surface area is 80.5 Å². The molecular formula is C10H8N2S. The SMILES string of the molecule is Cc1cc(C#N)c2sc(C)nc2c1. The molecule has 0 N–H and O–H groups in total. The van der Waals surface area contributed by atoms with Crippen LogP contribution in [0.4, 0.5) is 0 Å². The van der Waals surface area contributed by atoms with Crippen molar-refractivity contribution in [3.63, 3.8) is 0 Å². The van der Waals surface area contributed by atoms with Gasteiger partial charge in [0.05, 0.1) is 20.8 Å². The summed E-state index contributed by atoms with van der Waals surface area (Å²) in [5, 5.41) is 9.91. The van der Waals surface area contributed by atoms with E-state index >= 15 is 0 Å². The summed E-state index contributed by atoms with van der Waals surface area (Å²) in [6.45, 7) is 3.94. The molecule has 0 spiro atoms. The van der Waals surface area contributed by atoms with Gasteiger partial charge in [-0.1, -0.05) is 0 Å². The molecule has 0 amide bonds. The summed E-state index contributed by atoms with van der Waals surface area (Å²) >= 11 is 1.58. The fourth-order valence-corrected chi connectivity index (χ4v) is 2.23. The average molecular weight is 188 g/mol. The maximum atomic E-state index is 8.90. The van der Waals surface area contributed by atoms with Gasteiger partial charge in [-0.2, -0.15) is 5.26 Å². The molecule has 3 heteroatoms. The highest BCUT2D eigenvalue weighted by Gasteiger charge is 2.05. The van der Waals surface area contributed by atoms with Crippen molar-refractivity contribution < 1.29 is 0 Å². The molecule has 0 unspecified atom stereocenters. The molecule has 2 rings (SSSR count). The monoisotopic (exact) mass is 188 g/mol. The van der Waals surface area contributed by atoms with Crippen molar-refractivity contribution in [1.29, 1.82) is 5.26 Å². The van der Waals surface area contributed by atoms with Crippen LogP contribution in [0, 0.1) is 25.2 Å². The summed E-state index contributed by atoms with van der Waals surface area (Å²) in [5.74, 6) is 0. The summed E-state index contributed by atoms with van der Waals surface area (Å²) in [5.41, 5.74) is 2.77. The predicted molar refractivity (Wildman–Crippen MR) is 53.8 cm³/mol. The van der Waals surface area contributed by atoms with Crippen LogP contribution in [-0.4, -0.2) is 4.98 Å². The second-order valence-electron chi connectivity index (χ2n) is 3.01. The first-order chi connectivity index (χ1) is 6.20. The zero-order chi connectivity index (χ0) is 9.42. The van der Waals surface area contributed by atoms with Gasteiger partial charge in [0.2, 0.25) is 0 Å². The van der Waals surface area contributed by atoms with Crippen LogP contribution in [0.1, 0.15) is 16.1 Å². The Bertz CT molecular complexity index is 505. The molecule has 2 nitrogen and oxygen atoms in total. The molecule has 13 heavy (non-hydrogen) atoms. The Morgan fingerprint density at radius 1 is 1.38 bits per heavy atom. The van der Waals surface area contributed by atoms with E-state index in [4.69, 9.17) is 5.26 Å². The molecular weight excluding hydrogens is 180 g/mol. The Kier molecular flexibility index (Phi) is 1.78. The third-order valence-corrected chi connectivity index (χ3v) is 2.88. The smallest absolute Gasteiger partial charge is 0.101 e. The quantitative estimate of drug-likeness (QED) is 0.637. The van der Waals surface area contributed by atoms with Crippen LogP contribution in [0.5, 0.6) is 0 Å². The molecule has 0 bridgehead atoms. The predicted octanol–water partition coefficient (Wildman–Crippen LogP) is 2.78. The van der Waals surface area contributed by atoms with Gasteiger partial charge >= 0.3 is 0 Å². The van der Waals surface area contributed by atoms with Crippen LogP contribution in [0.15, 0.2) is 12.1 Å². The topological polar surface area (TPSA) is 36.7 Å². The Morgan fingerprint density at radius 3 is 2.85 bits per heavy atom. The third kappa shape index (κ3) is 1.30. The van der Waals surface area contributed by atoms with E-state index in [2.05, 4.69) is 11.1 Å². The maximum absolute atomic E-state index is 8.90. The normalized spacial score (nSPS) is 10.2. The standard InChI is InChI=1S/C10H8N2S/c1-6-3-8(5-11)10-9(4-6)12-7(2)13-10/h3-4H,1-2H3. The van der Waals surface area contributed by atoms with Crippen LogP contribution < -0.4 is 0 Å². The Morgan fingerprint density at radius 2 is 2.15 bits per heavy atom. The lowest BCUT2D eigenvalue weighted by atomic mass is 10.1. The molecule has 0 saturated heterocycles. The molecule has 1 aromatic carbocycles. The highest BCUT2D eigenvalue weighted by Crippen LogP contribution is 2.26. The number of benzene rings is 1. The molecule has 0 aliphatic heterocycles. The molecule has 0 atom stereocenters. The van der Waals surface area contributed by atoms with E-state index in [-0.39, 0.29) is 0 Å². The number of nitrogens with zero attached hydrogens (tertiary/aromatic N) is 2. The van der Waals surface area contributed by atoms with Crippen molar-refractivity contribution in [2.24, 2.45) is 0 Å². The lowest BCUT2D eigenvalue weighted by molar-refractivity contribution is 1.34. The average Bonchev–Trinajstić information content (AvgIpc) is 2.43. The van der Waals surface area contributed by atoms with Crippen LogP contribution in [0.25, 0.3) is 10.2 Å². The molecule has 0 radical (unpaired) electrons. The number of rotatable bonds is 0. The van der Waals surface area contributed by atoms with Crippen molar-refractivity contribution in [2.75, 3.05) is 0 Å². The Hall–Kier alpha value is -1.40. The zero-order valence-electron chi connectivity index (χ0n) is 7.46. The van der Waals surface area contributed by atoms with Crippen molar-refractivity contribution in [3.05, 3.63) is 28.3 Å². The minimum absolute atomic E-state index is 0.737. The minimum atomic E-state index is 0.737. The first-order valence-corrected chi connectivity index (χ1v) is 4.80. The van der Waals surface area contributed by atoms with E-state index in [1.165, 1.54) is 0 Å². The molecule has 0 fully saturated rings. The number of aryl methyl sites for hydroxylation is 2. The lowest BCUT2D eigenvalue weighted by Gasteiger charge is -1.93. The summed E-state index contributed by atoms with van der Waals surface area (Å²) in [6, 6.07) is 6.11. The first kappa shape index (κ1) is 8.21. The van der Waals surface area contributed by atoms with Crippen molar-refractivity contribution in [2.45, 2.75) is 13.8 Å². The van der Waals surface area contributed by atoms with Gasteiger partial charge in [0, 0.05) is 0 Å². The zero-order valence-corrected chi connectivity index (χ0v) is 8.27. The van der Waals surface area contributed by atoms with E-state index in [0.717, 1.165) is 26.4 Å². The molecule has 64 valence electrons. The van der Waals surface area contributed by atoms with E-state index in [1.807, 2.05) is 26.0 Å². The van der Waals surface area contributed by atoms with E-state index < -0.39 is 0 Å². The highest BCUT2D eigenvalue weighted by atomic mass is 32.1. The first-order valence-electron chi connectivity index (χ1n) is 3.98. The van der Waals surface area contributed by atoms with Gasteiger partial charge in [0.25, 0.3) is 0 Å². The summed E-state index contributed by atoms with van der Waals surface area (Å²) in [4.78, 5) is 4.35. The molecule has 0 aliphatic carbocycles. The van der Waals surface area contributed by atoms with Gasteiger partial charge in [0.15, 0.2) is 0 Å². The molecule has 1 heterocycles. The van der Waals surface area contributed by atoms with Gasteiger partial charge < -0.3 is 0 Å². The van der Waals surface area contributed by atoms with Gasteiger partial charge in [-0.3, -0.25) is 0 Å². The largest absolute Gasteiger partial charge is 0.241 e. The summed E-state index contributed by atoms with van der Waals surface area (Å²) in [6.07, 6.45) is 0. The van der Waals surface area contributed by atoms with Gasteiger partial charge in [0.1, 0.15) is 6.07 Å². The number of hydrogen-bond acceptors (Lipinski definition) is 3. The molecule has 2 aromatic rings. The van der Waals surface area contributed by atoms with Crippen LogP contribution in [0.3, 0.4) is 0 Å². The number of hydrogen-bond donors (Lipinski definition) is 0. The maximum Gasteiger partial charge on any atom is 0.101 e. The number of nitriles is 1. The fourth-order valence-electron chi connectivity index (χ4n) is 1.37. The van der Waals surface area contributed by atoms with Gasteiger partial charge in [-0.15, -0.1) is 11.3 Å². The van der Waals surface area contributed by atoms with E-state index in [0.29, 0.717) is 0 Å². The molecule has 0 aliphatic rings. The van der Waals surface area contributed by atoms with Crippen LogP contribution >= 0.6 is 11.3 Å². The number of aromatic nitrogens is 1. The van der Waals surface area contributed by atoms with Crippen LogP contribution in [0.2, 0.25) is 0 Å². The van der Waals surface area contributed by atoms with E-state index in [9.17, 15) is 0 Å². The van der Waals surface area contributed by atoms with Crippen molar-refractivity contribution in [3.8, 4) is 6.07 Å². The second kappa shape index (κ2) is 2.82. The van der Waals surface area contributed by atoms with Crippen molar-refractivity contribution >= 4 is 21.6 Å². The molecule has 0 saturated carbocycles. The second-order valence-corrected chi connectivity index (χ2v) is 4.21. The summed E-state index contributed by atoms with van der Waals surface area (Å²) < 4.78 is 1.01. The van der Waals surface area contributed by atoms with Gasteiger partial charge in [-0.05, 0) is 31.5 Å². The molecule has 1 aromatic heterocycles. The fraction of sp³-hybridized carbons (Fsp3) is 0.200. The Balaban J connectivity index is 2.90. The third-order valence-electron chi connectivity index (χ3n) is 1.86. The minimum Gasteiger partial charge on any atom is -0.241 e. The highest BCUT2D eigenvalue weighted by molar-refractivity contribution is 7.18. The lowest BCUT2D eigenvalue weighted by Crippen LogP contribution is -1.78. The van der Waals surface area contributed by atoms with Gasteiger partial charge in [-0.25, -0.2) is 4.98 Å².